The van der Waals surface area contributed by atoms with Gasteiger partial charge in [0.1, 0.15) is 5.60 Å². The summed E-state index contributed by atoms with van der Waals surface area (Å²) in [7, 11) is 2.04. The highest BCUT2D eigenvalue weighted by Crippen LogP contribution is 2.27. The van der Waals surface area contributed by atoms with Crippen LogP contribution in [-0.2, 0) is 9.59 Å². The third kappa shape index (κ3) is 1.90. The van der Waals surface area contributed by atoms with E-state index in [0.29, 0.717) is 0 Å². The highest BCUT2D eigenvalue weighted by atomic mass is 16.3. The molecule has 90 valence electrons. The van der Waals surface area contributed by atoms with E-state index in [1.54, 1.807) is 0 Å². The van der Waals surface area contributed by atoms with Crippen molar-refractivity contribution in [1.29, 1.82) is 0 Å². The molecule has 2 rings (SSSR count). The van der Waals surface area contributed by atoms with Gasteiger partial charge in [0, 0.05) is 32.6 Å². The zero-order valence-electron chi connectivity index (χ0n) is 9.77. The smallest absolute Gasteiger partial charge is 0.231 e. The minimum absolute atomic E-state index is 0.244. The maximum absolute atomic E-state index is 11.7. The standard InChI is InChI=1S/C11H18N2O3/c1-11(16)7-8(9(14)10(11)15)13-5-3-12(2)4-6-13/h8,16H,3-7H2,1-2H3. The summed E-state index contributed by atoms with van der Waals surface area (Å²) >= 11 is 0. The Labute approximate surface area is 95.0 Å². The summed E-state index contributed by atoms with van der Waals surface area (Å²) in [5.74, 6) is -1.05. The topological polar surface area (TPSA) is 60.9 Å². The Morgan fingerprint density at radius 3 is 2.25 bits per heavy atom. The summed E-state index contributed by atoms with van der Waals surface area (Å²) in [6.07, 6.45) is 0.244. The fourth-order valence-electron chi connectivity index (χ4n) is 2.41. The average Bonchev–Trinajstić information content (AvgIpc) is 2.44. The number of likely N-dealkylation sites (N-methyl/N-ethyl adjacent to an activating group) is 1. The van der Waals surface area contributed by atoms with Gasteiger partial charge in [-0.25, -0.2) is 0 Å². The lowest BCUT2D eigenvalue weighted by molar-refractivity contribution is -0.142. The van der Waals surface area contributed by atoms with Crippen LogP contribution in [0.15, 0.2) is 0 Å². The van der Waals surface area contributed by atoms with Gasteiger partial charge in [-0.05, 0) is 14.0 Å². The molecule has 2 fully saturated rings. The lowest BCUT2D eigenvalue weighted by Crippen LogP contribution is -2.50. The number of hydrogen-bond donors (Lipinski definition) is 1. The number of hydrogen-bond acceptors (Lipinski definition) is 5. The van der Waals surface area contributed by atoms with Crippen molar-refractivity contribution in [3.05, 3.63) is 0 Å². The van der Waals surface area contributed by atoms with E-state index in [1.807, 2.05) is 11.9 Å². The fourth-order valence-corrected chi connectivity index (χ4v) is 2.41. The maximum Gasteiger partial charge on any atom is 0.231 e. The lowest BCUT2D eigenvalue weighted by Gasteiger charge is -2.35. The molecule has 2 atom stereocenters. The maximum atomic E-state index is 11.7. The summed E-state index contributed by atoms with van der Waals surface area (Å²) in [4.78, 5) is 27.5. The lowest BCUT2D eigenvalue weighted by atomic mass is 10.0. The van der Waals surface area contributed by atoms with Crippen LogP contribution in [0.25, 0.3) is 0 Å². The van der Waals surface area contributed by atoms with Gasteiger partial charge >= 0.3 is 0 Å². The van der Waals surface area contributed by atoms with Crippen molar-refractivity contribution in [1.82, 2.24) is 9.80 Å². The molecule has 2 unspecified atom stereocenters. The molecule has 1 saturated carbocycles. The first-order chi connectivity index (χ1) is 7.42. The number of ketones is 2. The van der Waals surface area contributed by atoms with E-state index in [-0.39, 0.29) is 6.42 Å². The highest BCUT2D eigenvalue weighted by Gasteiger charge is 2.50. The Kier molecular flexibility index (Phi) is 2.86. The second kappa shape index (κ2) is 3.91. The third-order valence-corrected chi connectivity index (χ3v) is 3.59. The molecule has 1 saturated heterocycles. The van der Waals surface area contributed by atoms with Crippen LogP contribution in [0.4, 0.5) is 0 Å². The van der Waals surface area contributed by atoms with E-state index in [4.69, 9.17) is 0 Å². The molecule has 0 aromatic carbocycles. The molecule has 16 heavy (non-hydrogen) atoms. The van der Waals surface area contributed by atoms with Crippen LogP contribution in [0.3, 0.4) is 0 Å². The number of nitrogens with zero attached hydrogens (tertiary/aromatic N) is 2. The van der Waals surface area contributed by atoms with Gasteiger partial charge in [0.2, 0.25) is 11.6 Å². The van der Waals surface area contributed by atoms with Crippen LogP contribution in [0, 0.1) is 0 Å². The van der Waals surface area contributed by atoms with Gasteiger partial charge < -0.3 is 10.0 Å². The number of carbonyl (C=O) groups excluding carboxylic acids is 2. The van der Waals surface area contributed by atoms with Crippen molar-refractivity contribution in [3.8, 4) is 0 Å². The largest absolute Gasteiger partial charge is 0.382 e. The third-order valence-electron chi connectivity index (χ3n) is 3.59. The van der Waals surface area contributed by atoms with Crippen LogP contribution in [-0.4, -0.2) is 71.3 Å². The first-order valence-electron chi connectivity index (χ1n) is 5.65. The molecule has 1 aliphatic heterocycles. The first-order valence-corrected chi connectivity index (χ1v) is 5.65. The van der Waals surface area contributed by atoms with Crippen molar-refractivity contribution in [3.63, 3.8) is 0 Å². The molecule has 5 heteroatoms. The van der Waals surface area contributed by atoms with E-state index in [0.717, 1.165) is 26.2 Å². The molecule has 0 amide bonds. The molecular weight excluding hydrogens is 208 g/mol. The van der Waals surface area contributed by atoms with Gasteiger partial charge in [-0.1, -0.05) is 0 Å². The van der Waals surface area contributed by atoms with Crippen molar-refractivity contribution in [2.45, 2.75) is 25.0 Å². The molecule has 1 aliphatic carbocycles. The van der Waals surface area contributed by atoms with Gasteiger partial charge in [0.05, 0.1) is 6.04 Å². The molecule has 1 heterocycles. The predicted octanol–water partition coefficient (Wildman–Crippen LogP) is -1.10. The molecule has 0 aromatic rings. The molecule has 0 radical (unpaired) electrons. The Balaban J connectivity index is 2.06. The number of Topliss-reactive ketones (excluding diaryl/α,β-unsaturated/α-hetero) is 2. The van der Waals surface area contributed by atoms with E-state index < -0.39 is 23.2 Å². The van der Waals surface area contributed by atoms with E-state index >= 15 is 0 Å². The fraction of sp³-hybridized carbons (Fsp3) is 0.818. The van der Waals surface area contributed by atoms with Gasteiger partial charge in [0.15, 0.2) is 0 Å². The Morgan fingerprint density at radius 1 is 1.25 bits per heavy atom. The van der Waals surface area contributed by atoms with E-state index in [9.17, 15) is 14.7 Å². The van der Waals surface area contributed by atoms with Gasteiger partial charge in [-0.15, -0.1) is 0 Å². The van der Waals surface area contributed by atoms with Crippen LogP contribution < -0.4 is 0 Å². The van der Waals surface area contributed by atoms with Gasteiger partial charge in [0.25, 0.3) is 0 Å². The van der Waals surface area contributed by atoms with Gasteiger partial charge in [-0.2, -0.15) is 0 Å². The molecule has 0 aromatic heterocycles. The number of piperazine rings is 1. The van der Waals surface area contributed by atoms with Crippen LogP contribution >= 0.6 is 0 Å². The summed E-state index contributed by atoms with van der Waals surface area (Å²) in [6.45, 7) is 4.82. The highest BCUT2D eigenvalue weighted by molar-refractivity contribution is 6.44. The molecular formula is C11H18N2O3. The van der Waals surface area contributed by atoms with Crippen molar-refractivity contribution in [2.24, 2.45) is 0 Å². The Morgan fingerprint density at radius 2 is 1.81 bits per heavy atom. The van der Waals surface area contributed by atoms with Crippen molar-refractivity contribution >= 4 is 11.6 Å². The molecule has 0 spiro atoms. The molecule has 2 aliphatic rings. The number of rotatable bonds is 1. The van der Waals surface area contributed by atoms with Crippen LogP contribution in [0.5, 0.6) is 0 Å². The summed E-state index contributed by atoms with van der Waals surface area (Å²) in [6, 6.07) is -0.406. The summed E-state index contributed by atoms with van der Waals surface area (Å²) in [5.41, 5.74) is -1.45. The zero-order valence-corrected chi connectivity index (χ0v) is 9.77. The SMILES string of the molecule is CN1CCN(C2CC(C)(O)C(=O)C2=O)CC1. The predicted molar refractivity (Wildman–Crippen MR) is 58.1 cm³/mol. The first kappa shape index (κ1) is 11.7. The van der Waals surface area contributed by atoms with Crippen LogP contribution in [0.1, 0.15) is 13.3 Å². The van der Waals surface area contributed by atoms with Crippen LogP contribution in [0.2, 0.25) is 0 Å². The molecule has 0 bridgehead atoms. The summed E-state index contributed by atoms with van der Waals surface area (Å²) in [5, 5.41) is 9.78. The quantitative estimate of drug-likeness (QED) is 0.575. The van der Waals surface area contributed by atoms with E-state index in [1.165, 1.54) is 6.92 Å². The summed E-state index contributed by atoms with van der Waals surface area (Å²) < 4.78 is 0. The Hall–Kier alpha value is -0.780. The second-order valence-corrected chi connectivity index (χ2v) is 5.03. The number of carbonyl (C=O) groups is 2. The average molecular weight is 226 g/mol. The van der Waals surface area contributed by atoms with E-state index in [2.05, 4.69) is 4.90 Å². The molecule has 5 nitrogen and oxygen atoms in total. The monoisotopic (exact) mass is 226 g/mol. The zero-order chi connectivity index (χ0) is 11.9. The van der Waals surface area contributed by atoms with Gasteiger partial charge in [-0.3, -0.25) is 14.5 Å². The van der Waals surface area contributed by atoms with Crippen molar-refractivity contribution in [2.75, 3.05) is 33.2 Å². The van der Waals surface area contributed by atoms with Crippen molar-refractivity contribution < 1.29 is 14.7 Å². The second-order valence-electron chi connectivity index (χ2n) is 5.03. The minimum Gasteiger partial charge on any atom is -0.382 e. The molecule has 1 N–H and O–H groups in total. The Bertz CT molecular complexity index is 319. The minimum atomic E-state index is -1.45. The number of aliphatic hydroxyl groups is 1. The normalized spacial score (nSPS) is 38.3.